The molecule has 0 fully saturated rings. The minimum absolute atomic E-state index is 0.118. The summed E-state index contributed by atoms with van der Waals surface area (Å²) in [6.07, 6.45) is 0. The van der Waals surface area contributed by atoms with Crippen LogP contribution in [0.15, 0.2) is 29.2 Å². The Morgan fingerprint density at radius 1 is 1.06 bits per heavy atom. The molecule has 0 amide bonds. The summed E-state index contributed by atoms with van der Waals surface area (Å²) in [7, 11) is -3.64. The van der Waals surface area contributed by atoms with Crippen molar-refractivity contribution < 1.29 is 13.5 Å². The summed E-state index contributed by atoms with van der Waals surface area (Å²) in [4.78, 5) is 0.118. The number of nitrogens with one attached hydrogen (secondary N) is 1. The summed E-state index contributed by atoms with van der Waals surface area (Å²) >= 11 is 0. The summed E-state index contributed by atoms with van der Waals surface area (Å²) in [5, 5.41) is 10.0. The van der Waals surface area contributed by atoms with Crippen LogP contribution in [0.1, 0.15) is 40.2 Å². The van der Waals surface area contributed by atoms with Gasteiger partial charge in [0, 0.05) is 11.1 Å². The average Bonchev–Trinajstić information content (AvgIpc) is 2.12. The van der Waals surface area contributed by atoms with Crippen LogP contribution in [-0.4, -0.2) is 19.1 Å². The first-order valence-corrected chi connectivity index (χ1v) is 7.28. The molecule has 1 aromatic rings. The fourth-order valence-electron chi connectivity index (χ4n) is 1.66. The van der Waals surface area contributed by atoms with Gasteiger partial charge in [-0.05, 0) is 40.7 Å². The Morgan fingerprint density at radius 3 is 2.00 bits per heavy atom. The standard InChI is InChI=1S/C13H21NO3S/c1-12(2,3)14-18(16,17)11-9-7-6-8-10(11)13(4,5)15/h6-9,14-15H,1-5H3. The molecule has 0 saturated heterocycles. The van der Waals surface area contributed by atoms with Gasteiger partial charge in [-0.2, -0.15) is 0 Å². The van der Waals surface area contributed by atoms with Gasteiger partial charge in [-0.15, -0.1) is 0 Å². The zero-order valence-corrected chi connectivity index (χ0v) is 12.3. The lowest BCUT2D eigenvalue weighted by Gasteiger charge is -2.25. The van der Waals surface area contributed by atoms with E-state index < -0.39 is 21.2 Å². The monoisotopic (exact) mass is 271 g/mol. The van der Waals surface area contributed by atoms with Gasteiger partial charge in [-0.1, -0.05) is 18.2 Å². The molecule has 1 aromatic carbocycles. The Bertz CT molecular complexity index is 522. The fraction of sp³-hybridized carbons (Fsp3) is 0.538. The van der Waals surface area contributed by atoms with Crippen molar-refractivity contribution in [1.29, 1.82) is 0 Å². The second kappa shape index (κ2) is 4.64. The fourth-order valence-corrected chi connectivity index (χ4v) is 3.45. The Hall–Kier alpha value is -0.910. The molecule has 1 rings (SSSR count). The maximum Gasteiger partial charge on any atom is 0.241 e. The van der Waals surface area contributed by atoms with Gasteiger partial charge in [0.15, 0.2) is 0 Å². The highest BCUT2D eigenvalue weighted by Crippen LogP contribution is 2.27. The highest BCUT2D eigenvalue weighted by atomic mass is 32.2. The summed E-state index contributed by atoms with van der Waals surface area (Å²) in [5.41, 5.74) is -1.38. The van der Waals surface area contributed by atoms with Gasteiger partial charge in [-0.25, -0.2) is 13.1 Å². The topological polar surface area (TPSA) is 66.4 Å². The lowest BCUT2D eigenvalue weighted by Crippen LogP contribution is -2.41. The van der Waals surface area contributed by atoms with Crippen LogP contribution < -0.4 is 4.72 Å². The van der Waals surface area contributed by atoms with Crippen LogP contribution in [0.5, 0.6) is 0 Å². The molecular formula is C13H21NO3S. The van der Waals surface area contributed by atoms with Crippen LogP contribution in [0.3, 0.4) is 0 Å². The SMILES string of the molecule is CC(C)(C)NS(=O)(=O)c1ccccc1C(C)(C)O. The van der Waals surface area contributed by atoms with E-state index in [0.717, 1.165) is 0 Å². The van der Waals surface area contributed by atoms with E-state index in [9.17, 15) is 13.5 Å². The van der Waals surface area contributed by atoms with Crippen LogP contribution in [0.2, 0.25) is 0 Å². The van der Waals surface area contributed by atoms with E-state index >= 15 is 0 Å². The lowest BCUT2D eigenvalue weighted by molar-refractivity contribution is 0.0755. The van der Waals surface area contributed by atoms with Crippen molar-refractivity contribution >= 4 is 10.0 Å². The molecule has 0 aliphatic rings. The first kappa shape index (κ1) is 15.1. The van der Waals surface area contributed by atoms with Crippen molar-refractivity contribution in [1.82, 2.24) is 4.72 Å². The van der Waals surface area contributed by atoms with E-state index in [0.29, 0.717) is 5.56 Å². The molecular weight excluding hydrogens is 250 g/mol. The quantitative estimate of drug-likeness (QED) is 0.883. The summed E-state index contributed by atoms with van der Waals surface area (Å²) < 4.78 is 27.2. The highest BCUT2D eigenvalue weighted by molar-refractivity contribution is 7.89. The van der Waals surface area contributed by atoms with Crippen molar-refractivity contribution in [2.24, 2.45) is 0 Å². The zero-order chi connectivity index (χ0) is 14.2. The third-order valence-corrected chi connectivity index (χ3v) is 4.09. The molecule has 0 saturated carbocycles. The predicted octanol–water partition coefficient (Wildman–Crippen LogP) is 1.99. The average molecular weight is 271 g/mol. The second-order valence-electron chi connectivity index (χ2n) is 5.91. The van der Waals surface area contributed by atoms with Crippen molar-refractivity contribution in [2.75, 3.05) is 0 Å². The molecule has 0 radical (unpaired) electrons. The Morgan fingerprint density at radius 2 is 1.56 bits per heavy atom. The number of aliphatic hydroxyl groups is 1. The largest absolute Gasteiger partial charge is 0.386 e. The van der Waals surface area contributed by atoms with Crippen molar-refractivity contribution in [3.8, 4) is 0 Å². The van der Waals surface area contributed by atoms with Crippen molar-refractivity contribution in [3.05, 3.63) is 29.8 Å². The van der Waals surface area contributed by atoms with Crippen LogP contribution in [0.25, 0.3) is 0 Å². The lowest BCUT2D eigenvalue weighted by atomic mass is 9.99. The van der Waals surface area contributed by atoms with Crippen LogP contribution in [-0.2, 0) is 15.6 Å². The van der Waals surface area contributed by atoms with E-state index in [1.54, 1.807) is 52.8 Å². The Kier molecular flexibility index (Phi) is 3.91. The van der Waals surface area contributed by atoms with Gasteiger partial charge in [0.2, 0.25) is 10.0 Å². The maximum atomic E-state index is 12.3. The second-order valence-corrected chi connectivity index (χ2v) is 7.56. The van der Waals surface area contributed by atoms with E-state index in [2.05, 4.69) is 4.72 Å². The van der Waals surface area contributed by atoms with Crippen LogP contribution in [0.4, 0.5) is 0 Å². The minimum atomic E-state index is -3.64. The number of hydrogen-bond acceptors (Lipinski definition) is 3. The molecule has 0 unspecified atom stereocenters. The normalized spacial score (nSPS) is 13.7. The van der Waals surface area contributed by atoms with Gasteiger partial charge < -0.3 is 5.11 Å². The summed E-state index contributed by atoms with van der Waals surface area (Å²) in [5.74, 6) is 0. The number of hydrogen-bond donors (Lipinski definition) is 2. The predicted molar refractivity (Wildman–Crippen MR) is 71.8 cm³/mol. The maximum absolute atomic E-state index is 12.3. The van der Waals surface area contributed by atoms with E-state index in [4.69, 9.17) is 0 Å². The molecule has 0 bridgehead atoms. The van der Waals surface area contributed by atoms with E-state index in [1.807, 2.05) is 0 Å². The van der Waals surface area contributed by atoms with Crippen LogP contribution in [0, 0.1) is 0 Å². The molecule has 0 aromatic heterocycles. The van der Waals surface area contributed by atoms with Crippen LogP contribution >= 0.6 is 0 Å². The third-order valence-electron chi connectivity index (χ3n) is 2.28. The summed E-state index contributed by atoms with van der Waals surface area (Å²) in [6, 6.07) is 6.48. The number of rotatable bonds is 3. The molecule has 0 spiro atoms. The van der Waals surface area contributed by atoms with E-state index in [-0.39, 0.29) is 4.90 Å². The molecule has 102 valence electrons. The molecule has 0 atom stereocenters. The minimum Gasteiger partial charge on any atom is -0.386 e. The molecule has 0 aliphatic carbocycles. The van der Waals surface area contributed by atoms with Crippen molar-refractivity contribution in [2.45, 2.75) is 50.7 Å². The van der Waals surface area contributed by atoms with Gasteiger partial charge in [0.1, 0.15) is 0 Å². The zero-order valence-electron chi connectivity index (χ0n) is 11.5. The third kappa shape index (κ3) is 3.80. The highest BCUT2D eigenvalue weighted by Gasteiger charge is 2.29. The molecule has 0 aliphatic heterocycles. The van der Waals surface area contributed by atoms with Gasteiger partial charge in [0.25, 0.3) is 0 Å². The van der Waals surface area contributed by atoms with E-state index in [1.165, 1.54) is 6.07 Å². The van der Waals surface area contributed by atoms with Gasteiger partial charge in [0.05, 0.1) is 10.5 Å². The Labute approximate surface area is 109 Å². The first-order valence-electron chi connectivity index (χ1n) is 5.79. The Balaban J connectivity index is 3.35. The molecule has 5 heteroatoms. The number of benzene rings is 1. The molecule has 2 N–H and O–H groups in total. The van der Waals surface area contributed by atoms with Crippen molar-refractivity contribution in [3.63, 3.8) is 0 Å². The molecule has 4 nitrogen and oxygen atoms in total. The summed E-state index contributed by atoms with van der Waals surface area (Å²) in [6.45, 7) is 8.46. The molecule has 18 heavy (non-hydrogen) atoms. The number of sulfonamides is 1. The van der Waals surface area contributed by atoms with Gasteiger partial charge in [-0.3, -0.25) is 0 Å². The van der Waals surface area contributed by atoms with Gasteiger partial charge >= 0.3 is 0 Å². The molecule has 0 heterocycles. The first-order chi connectivity index (χ1) is 7.93. The smallest absolute Gasteiger partial charge is 0.241 e.